The van der Waals surface area contributed by atoms with Crippen molar-refractivity contribution in [1.29, 1.82) is 10.8 Å². The lowest BCUT2D eigenvalue weighted by molar-refractivity contribution is -0.121. The number of hydrogen-bond donors (Lipinski definition) is 3. The van der Waals surface area contributed by atoms with Crippen molar-refractivity contribution >= 4 is 17.6 Å². The van der Waals surface area contributed by atoms with Gasteiger partial charge in [-0.1, -0.05) is 0 Å². The fourth-order valence-corrected chi connectivity index (χ4v) is 0.912. The summed E-state index contributed by atoms with van der Waals surface area (Å²) < 4.78 is 0. The summed E-state index contributed by atoms with van der Waals surface area (Å²) in [5.41, 5.74) is 5.12. The molecule has 1 aliphatic rings. The van der Waals surface area contributed by atoms with Gasteiger partial charge in [-0.3, -0.25) is 20.5 Å². The van der Waals surface area contributed by atoms with Crippen LogP contribution in [0.3, 0.4) is 0 Å². The number of amidine groups is 2. The molecule has 1 rings (SSSR count). The van der Waals surface area contributed by atoms with Crippen LogP contribution in [0.2, 0.25) is 0 Å². The lowest BCUT2D eigenvalue weighted by atomic mass is 10.3. The Morgan fingerprint density at radius 1 is 1.58 bits per heavy atom. The highest BCUT2D eigenvalue weighted by atomic mass is 16.2. The minimum atomic E-state index is -0.207. The highest BCUT2D eigenvalue weighted by Gasteiger charge is 2.19. The van der Waals surface area contributed by atoms with Gasteiger partial charge in [-0.05, 0) is 6.08 Å². The molecule has 0 aromatic carbocycles. The first-order valence-electron chi connectivity index (χ1n) is 3.52. The number of hydrogen-bond acceptors (Lipinski definition) is 3. The average molecular weight is 166 g/mol. The predicted octanol–water partition coefficient (Wildman–Crippen LogP) is -0.312. The largest absolute Gasteiger partial charge is 0.388 e. The number of nitrogens with one attached hydrogen (secondary N) is 2. The van der Waals surface area contributed by atoms with E-state index in [2.05, 4.69) is 0 Å². The Hall–Kier alpha value is -1.65. The molecule has 0 bridgehead atoms. The summed E-state index contributed by atoms with van der Waals surface area (Å²) in [6.45, 7) is 0.319. The standard InChI is InChI=1S/C7H10N4O/c8-5(9)3-4-11-6(10)1-2-7(11)12/h1-2,10H,3-4H2,(H3,8,9). The van der Waals surface area contributed by atoms with E-state index in [4.69, 9.17) is 16.6 Å². The first-order chi connectivity index (χ1) is 5.61. The third-order valence-electron chi connectivity index (χ3n) is 1.55. The molecule has 0 fully saturated rings. The second-order valence-electron chi connectivity index (χ2n) is 2.48. The van der Waals surface area contributed by atoms with Crippen LogP contribution in [0.15, 0.2) is 12.2 Å². The van der Waals surface area contributed by atoms with Crippen LogP contribution in [0.5, 0.6) is 0 Å². The monoisotopic (exact) mass is 166 g/mol. The van der Waals surface area contributed by atoms with Gasteiger partial charge in [0.25, 0.3) is 5.91 Å². The van der Waals surface area contributed by atoms with Gasteiger partial charge >= 0.3 is 0 Å². The van der Waals surface area contributed by atoms with Crippen LogP contribution in [-0.2, 0) is 4.79 Å². The molecule has 1 heterocycles. The molecule has 0 radical (unpaired) electrons. The van der Waals surface area contributed by atoms with Crippen molar-refractivity contribution in [3.8, 4) is 0 Å². The molecule has 12 heavy (non-hydrogen) atoms. The van der Waals surface area contributed by atoms with Crippen LogP contribution in [-0.4, -0.2) is 29.0 Å². The molecular formula is C7H10N4O. The van der Waals surface area contributed by atoms with Gasteiger partial charge < -0.3 is 5.73 Å². The Kier molecular flexibility index (Phi) is 2.23. The van der Waals surface area contributed by atoms with E-state index in [1.165, 1.54) is 17.1 Å². The molecule has 0 unspecified atom stereocenters. The van der Waals surface area contributed by atoms with Crippen LogP contribution in [0.1, 0.15) is 6.42 Å². The summed E-state index contributed by atoms with van der Waals surface area (Å²) in [4.78, 5) is 12.3. The van der Waals surface area contributed by atoms with Crippen LogP contribution in [0, 0.1) is 10.8 Å². The number of carbonyl (C=O) groups excluding carboxylic acids is 1. The van der Waals surface area contributed by atoms with Crippen molar-refractivity contribution in [1.82, 2.24) is 4.90 Å². The van der Waals surface area contributed by atoms with Gasteiger partial charge in [0.05, 0.1) is 5.84 Å². The molecular weight excluding hydrogens is 156 g/mol. The molecule has 0 aromatic heterocycles. The minimum Gasteiger partial charge on any atom is -0.388 e. The molecule has 4 N–H and O–H groups in total. The van der Waals surface area contributed by atoms with Crippen LogP contribution in [0.25, 0.3) is 0 Å². The van der Waals surface area contributed by atoms with Gasteiger partial charge in [-0.25, -0.2) is 0 Å². The maximum absolute atomic E-state index is 11.0. The van der Waals surface area contributed by atoms with Crippen LogP contribution < -0.4 is 5.73 Å². The van der Waals surface area contributed by atoms with Crippen molar-refractivity contribution in [3.05, 3.63) is 12.2 Å². The van der Waals surface area contributed by atoms with Gasteiger partial charge in [0.2, 0.25) is 0 Å². The van der Waals surface area contributed by atoms with Crippen molar-refractivity contribution < 1.29 is 4.79 Å². The number of carbonyl (C=O) groups is 1. The van der Waals surface area contributed by atoms with Crippen LogP contribution >= 0.6 is 0 Å². The summed E-state index contributed by atoms with van der Waals surface area (Å²) in [5, 5.41) is 14.2. The van der Waals surface area contributed by atoms with Crippen molar-refractivity contribution in [2.45, 2.75) is 6.42 Å². The minimum absolute atomic E-state index is 0.0301. The number of nitrogens with two attached hydrogens (primary N) is 1. The van der Waals surface area contributed by atoms with E-state index in [9.17, 15) is 4.79 Å². The predicted molar refractivity (Wildman–Crippen MR) is 45.1 cm³/mol. The summed E-state index contributed by atoms with van der Waals surface area (Å²) in [7, 11) is 0. The molecule has 5 heteroatoms. The molecule has 5 nitrogen and oxygen atoms in total. The molecule has 0 saturated heterocycles. The Balaban J connectivity index is 2.48. The number of nitrogens with zero attached hydrogens (tertiary/aromatic N) is 1. The number of amides is 1. The Morgan fingerprint density at radius 3 is 2.67 bits per heavy atom. The van der Waals surface area contributed by atoms with E-state index in [0.717, 1.165) is 0 Å². The van der Waals surface area contributed by atoms with E-state index in [1.54, 1.807) is 0 Å². The highest BCUT2D eigenvalue weighted by Crippen LogP contribution is 2.03. The summed E-state index contributed by atoms with van der Waals surface area (Å²) in [5.74, 6) is -0.00926. The van der Waals surface area contributed by atoms with Crippen LogP contribution in [0.4, 0.5) is 0 Å². The molecule has 0 aliphatic carbocycles. The zero-order valence-electron chi connectivity index (χ0n) is 6.50. The summed E-state index contributed by atoms with van der Waals surface area (Å²) in [6.07, 6.45) is 3.08. The van der Waals surface area contributed by atoms with E-state index < -0.39 is 0 Å². The van der Waals surface area contributed by atoms with E-state index >= 15 is 0 Å². The molecule has 1 aliphatic heterocycles. The van der Waals surface area contributed by atoms with Gasteiger partial charge in [0.15, 0.2) is 0 Å². The van der Waals surface area contributed by atoms with Crippen molar-refractivity contribution in [2.75, 3.05) is 6.54 Å². The van der Waals surface area contributed by atoms with Gasteiger partial charge in [-0.15, -0.1) is 0 Å². The molecule has 0 saturated carbocycles. The highest BCUT2D eigenvalue weighted by molar-refractivity contribution is 6.14. The zero-order valence-corrected chi connectivity index (χ0v) is 6.50. The average Bonchev–Trinajstić information content (AvgIpc) is 2.28. The van der Waals surface area contributed by atoms with Gasteiger partial charge in [0.1, 0.15) is 5.84 Å². The third kappa shape index (κ3) is 1.69. The van der Waals surface area contributed by atoms with Crippen molar-refractivity contribution in [2.24, 2.45) is 5.73 Å². The Morgan fingerprint density at radius 2 is 2.25 bits per heavy atom. The lowest BCUT2D eigenvalue weighted by Gasteiger charge is -2.14. The maximum Gasteiger partial charge on any atom is 0.252 e. The Bertz CT molecular complexity index is 251. The lowest BCUT2D eigenvalue weighted by Crippen LogP contribution is -2.32. The first kappa shape index (κ1) is 8.45. The smallest absolute Gasteiger partial charge is 0.252 e. The zero-order chi connectivity index (χ0) is 9.14. The quantitative estimate of drug-likeness (QED) is 0.396. The van der Waals surface area contributed by atoms with E-state index in [0.29, 0.717) is 13.0 Å². The first-order valence-corrected chi connectivity index (χ1v) is 3.52. The third-order valence-corrected chi connectivity index (χ3v) is 1.55. The SMILES string of the molecule is N=C(N)CCN1C(=N)C=CC1=O. The molecule has 0 spiro atoms. The van der Waals surface area contributed by atoms with E-state index in [-0.39, 0.29) is 17.6 Å². The molecule has 0 atom stereocenters. The fraction of sp³-hybridized carbons (Fsp3) is 0.286. The maximum atomic E-state index is 11.0. The van der Waals surface area contributed by atoms with Gasteiger partial charge in [-0.2, -0.15) is 0 Å². The topological polar surface area (TPSA) is 94.0 Å². The second kappa shape index (κ2) is 3.17. The number of rotatable bonds is 3. The summed E-state index contributed by atoms with van der Waals surface area (Å²) in [6, 6.07) is 0. The fourth-order valence-electron chi connectivity index (χ4n) is 0.912. The van der Waals surface area contributed by atoms with E-state index in [1.807, 2.05) is 0 Å². The van der Waals surface area contributed by atoms with Crippen molar-refractivity contribution in [3.63, 3.8) is 0 Å². The molecule has 1 amide bonds. The summed E-state index contributed by atoms with van der Waals surface area (Å²) >= 11 is 0. The second-order valence-corrected chi connectivity index (χ2v) is 2.48. The molecule has 0 aromatic rings. The molecule has 64 valence electrons. The normalized spacial score (nSPS) is 15.8. The van der Waals surface area contributed by atoms with Gasteiger partial charge in [0, 0.05) is 19.0 Å². The Labute approximate surface area is 69.9 Å².